The van der Waals surface area contributed by atoms with Crippen LogP contribution in [0.2, 0.25) is 0 Å². The highest BCUT2D eigenvalue weighted by atomic mass is 16.5. The standard InChI is InChI=1S/C19H25NO/c1-4-21-18-12-10-16(11-13-18)14-20-19(15(2)3)17-8-6-5-7-9-17/h5-13,15,19-20H,4,14H2,1-3H3. The van der Waals surface area contributed by atoms with Crippen LogP contribution >= 0.6 is 0 Å². The number of hydrogen-bond donors (Lipinski definition) is 1. The van der Waals surface area contributed by atoms with E-state index in [0.29, 0.717) is 18.6 Å². The van der Waals surface area contributed by atoms with E-state index in [4.69, 9.17) is 4.74 Å². The van der Waals surface area contributed by atoms with Crippen molar-refractivity contribution in [3.8, 4) is 5.75 Å². The third-order valence-corrected chi connectivity index (χ3v) is 3.59. The van der Waals surface area contributed by atoms with Gasteiger partial charge in [0, 0.05) is 12.6 Å². The Morgan fingerprint density at radius 1 is 0.952 bits per heavy atom. The molecule has 2 aromatic carbocycles. The second-order valence-electron chi connectivity index (χ2n) is 5.59. The SMILES string of the molecule is CCOc1ccc(CNC(c2ccccc2)C(C)C)cc1. The Kier molecular flexibility index (Phi) is 5.82. The van der Waals surface area contributed by atoms with Crippen molar-refractivity contribution < 1.29 is 4.74 Å². The molecule has 0 aliphatic rings. The minimum Gasteiger partial charge on any atom is -0.494 e. The number of ether oxygens (including phenoxy) is 1. The molecule has 1 atom stereocenters. The van der Waals surface area contributed by atoms with Crippen LogP contribution < -0.4 is 10.1 Å². The number of nitrogens with one attached hydrogen (secondary N) is 1. The van der Waals surface area contributed by atoms with E-state index in [-0.39, 0.29) is 0 Å². The fraction of sp³-hybridized carbons (Fsp3) is 0.368. The molecule has 2 nitrogen and oxygen atoms in total. The molecule has 0 spiro atoms. The molecule has 1 unspecified atom stereocenters. The normalized spacial score (nSPS) is 12.4. The zero-order valence-corrected chi connectivity index (χ0v) is 13.2. The van der Waals surface area contributed by atoms with E-state index >= 15 is 0 Å². The molecule has 0 amide bonds. The van der Waals surface area contributed by atoms with E-state index in [1.54, 1.807) is 0 Å². The topological polar surface area (TPSA) is 21.3 Å². The van der Waals surface area contributed by atoms with Gasteiger partial charge in [-0.3, -0.25) is 0 Å². The molecular weight excluding hydrogens is 258 g/mol. The van der Waals surface area contributed by atoms with Crippen molar-refractivity contribution in [2.24, 2.45) is 5.92 Å². The summed E-state index contributed by atoms with van der Waals surface area (Å²) < 4.78 is 5.47. The van der Waals surface area contributed by atoms with Gasteiger partial charge in [0.05, 0.1) is 6.61 Å². The van der Waals surface area contributed by atoms with Crippen molar-refractivity contribution in [1.82, 2.24) is 5.32 Å². The van der Waals surface area contributed by atoms with Crippen molar-refractivity contribution in [3.63, 3.8) is 0 Å². The van der Waals surface area contributed by atoms with E-state index in [0.717, 1.165) is 12.3 Å². The molecule has 0 bridgehead atoms. The van der Waals surface area contributed by atoms with Crippen LogP contribution in [0.15, 0.2) is 54.6 Å². The van der Waals surface area contributed by atoms with Crippen LogP contribution in [0, 0.1) is 5.92 Å². The summed E-state index contributed by atoms with van der Waals surface area (Å²) in [6, 6.07) is 19.3. The minimum absolute atomic E-state index is 0.373. The third kappa shape index (κ3) is 4.61. The molecule has 0 aromatic heterocycles. The van der Waals surface area contributed by atoms with Gasteiger partial charge in [-0.05, 0) is 36.1 Å². The molecule has 2 rings (SSSR count). The lowest BCUT2D eigenvalue weighted by molar-refractivity contribution is 0.340. The van der Waals surface area contributed by atoms with Crippen LogP contribution in [-0.2, 0) is 6.54 Å². The van der Waals surface area contributed by atoms with Crippen molar-refractivity contribution in [1.29, 1.82) is 0 Å². The van der Waals surface area contributed by atoms with Crippen LogP contribution in [0.25, 0.3) is 0 Å². The number of rotatable bonds is 7. The summed E-state index contributed by atoms with van der Waals surface area (Å²) in [5.74, 6) is 1.49. The molecule has 21 heavy (non-hydrogen) atoms. The maximum absolute atomic E-state index is 5.47. The highest BCUT2D eigenvalue weighted by Crippen LogP contribution is 2.22. The zero-order chi connectivity index (χ0) is 15.1. The Morgan fingerprint density at radius 2 is 1.62 bits per heavy atom. The molecule has 2 heteroatoms. The first-order valence-electron chi connectivity index (χ1n) is 7.70. The molecule has 112 valence electrons. The van der Waals surface area contributed by atoms with Crippen LogP contribution in [-0.4, -0.2) is 6.61 Å². The lowest BCUT2D eigenvalue weighted by atomic mass is 9.96. The molecule has 0 heterocycles. The Morgan fingerprint density at radius 3 is 2.19 bits per heavy atom. The second-order valence-corrected chi connectivity index (χ2v) is 5.59. The summed E-state index contributed by atoms with van der Waals surface area (Å²) in [6.07, 6.45) is 0. The van der Waals surface area contributed by atoms with Gasteiger partial charge >= 0.3 is 0 Å². The lowest BCUT2D eigenvalue weighted by Gasteiger charge is -2.23. The molecule has 0 radical (unpaired) electrons. The second kappa shape index (κ2) is 7.84. The average molecular weight is 283 g/mol. The molecule has 0 fully saturated rings. The van der Waals surface area contributed by atoms with Gasteiger partial charge in [-0.2, -0.15) is 0 Å². The number of hydrogen-bond acceptors (Lipinski definition) is 2. The maximum Gasteiger partial charge on any atom is 0.119 e. The van der Waals surface area contributed by atoms with Crippen molar-refractivity contribution >= 4 is 0 Å². The fourth-order valence-electron chi connectivity index (χ4n) is 2.50. The average Bonchev–Trinajstić information content (AvgIpc) is 2.50. The highest BCUT2D eigenvalue weighted by molar-refractivity contribution is 5.27. The van der Waals surface area contributed by atoms with Crippen molar-refractivity contribution in [2.75, 3.05) is 6.61 Å². The maximum atomic E-state index is 5.47. The van der Waals surface area contributed by atoms with Crippen molar-refractivity contribution in [2.45, 2.75) is 33.4 Å². The molecule has 1 N–H and O–H groups in total. The van der Waals surface area contributed by atoms with Gasteiger partial charge in [0.15, 0.2) is 0 Å². The fourth-order valence-corrected chi connectivity index (χ4v) is 2.50. The molecule has 0 saturated carbocycles. The Bertz CT molecular complexity index is 519. The Balaban J connectivity index is 1.99. The largest absolute Gasteiger partial charge is 0.494 e. The van der Waals surface area contributed by atoms with Crippen LogP contribution in [0.1, 0.15) is 37.9 Å². The third-order valence-electron chi connectivity index (χ3n) is 3.59. The first-order chi connectivity index (χ1) is 10.2. The zero-order valence-electron chi connectivity index (χ0n) is 13.2. The summed E-state index contributed by atoms with van der Waals surface area (Å²) >= 11 is 0. The van der Waals surface area contributed by atoms with Gasteiger partial charge in [0.1, 0.15) is 5.75 Å². The summed E-state index contributed by atoms with van der Waals surface area (Å²) in [7, 11) is 0. The first kappa shape index (κ1) is 15.6. The van der Waals surface area contributed by atoms with Gasteiger partial charge in [0.2, 0.25) is 0 Å². The molecular formula is C19H25NO. The van der Waals surface area contributed by atoms with Gasteiger partial charge in [0.25, 0.3) is 0 Å². The molecule has 0 aliphatic carbocycles. The van der Waals surface area contributed by atoms with Crippen molar-refractivity contribution in [3.05, 3.63) is 65.7 Å². The summed E-state index contributed by atoms with van der Waals surface area (Å²) in [6.45, 7) is 8.08. The highest BCUT2D eigenvalue weighted by Gasteiger charge is 2.14. The van der Waals surface area contributed by atoms with Crippen LogP contribution in [0.4, 0.5) is 0 Å². The lowest BCUT2D eigenvalue weighted by Crippen LogP contribution is -2.25. The van der Waals surface area contributed by atoms with E-state index in [9.17, 15) is 0 Å². The Labute approximate surface area is 128 Å². The van der Waals surface area contributed by atoms with Gasteiger partial charge in [-0.15, -0.1) is 0 Å². The quantitative estimate of drug-likeness (QED) is 0.803. The monoisotopic (exact) mass is 283 g/mol. The minimum atomic E-state index is 0.373. The van der Waals surface area contributed by atoms with E-state index in [1.807, 2.05) is 19.1 Å². The predicted octanol–water partition coefficient (Wildman–Crippen LogP) is 4.57. The summed E-state index contributed by atoms with van der Waals surface area (Å²) in [5.41, 5.74) is 2.62. The van der Waals surface area contributed by atoms with E-state index < -0.39 is 0 Å². The van der Waals surface area contributed by atoms with E-state index in [2.05, 4.69) is 61.6 Å². The van der Waals surface area contributed by atoms with E-state index in [1.165, 1.54) is 11.1 Å². The summed E-state index contributed by atoms with van der Waals surface area (Å²) in [4.78, 5) is 0. The Hall–Kier alpha value is -1.80. The molecule has 2 aromatic rings. The predicted molar refractivity (Wildman–Crippen MR) is 88.5 cm³/mol. The summed E-state index contributed by atoms with van der Waals surface area (Å²) in [5, 5.41) is 3.66. The molecule has 0 aliphatic heterocycles. The van der Waals surface area contributed by atoms with Gasteiger partial charge in [-0.1, -0.05) is 56.3 Å². The first-order valence-corrected chi connectivity index (χ1v) is 7.70. The van der Waals surface area contributed by atoms with Crippen LogP contribution in [0.5, 0.6) is 5.75 Å². The van der Waals surface area contributed by atoms with Gasteiger partial charge in [-0.25, -0.2) is 0 Å². The smallest absolute Gasteiger partial charge is 0.119 e. The number of benzene rings is 2. The van der Waals surface area contributed by atoms with Gasteiger partial charge < -0.3 is 10.1 Å². The van der Waals surface area contributed by atoms with Crippen LogP contribution in [0.3, 0.4) is 0 Å². The molecule has 0 saturated heterocycles.